The maximum absolute atomic E-state index is 11.6. The third-order valence-electron chi connectivity index (χ3n) is 3.50. The first kappa shape index (κ1) is 14.9. The summed E-state index contributed by atoms with van der Waals surface area (Å²) < 4.78 is 5.14. The Hall–Kier alpha value is -2.49. The maximum Gasteiger partial charge on any atom is 0.311 e. The monoisotopic (exact) mass is 286 g/mol. The highest BCUT2D eigenvalue weighted by atomic mass is 16.5. The molecule has 21 heavy (non-hydrogen) atoms. The van der Waals surface area contributed by atoms with Gasteiger partial charge >= 0.3 is 5.97 Å². The molecule has 2 rings (SSSR count). The third kappa shape index (κ3) is 3.54. The predicted octanol–water partition coefficient (Wildman–Crippen LogP) is 3.12. The van der Waals surface area contributed by atoms with Gasteiger partial charge in [0.2, 0.25) is 0 Å². The lowest BCUT2D eigenvalue weighted by Crippen LogP contribution is -2.15. The Balaban J connectivity index is 2.33. The van der Waals surface area contributed by atoms with Gasteiger partial charge in [0.15, 0.2) is 0 Å². The minimum absolute atomic E-state index is 0.142. The first-order valence-electron chi connectivity index (χ1n) is 6.66. The smallest absolute Gasteiger partial charge is 0.311 e. The van der Waals surface area contributed by atoms with Crippen molar-refractivity contribution in [3.8, 4) is 11.5 Å². The first-order chi connectivity index (χ1) is 10.0. The van der Waals surface area contributed by atoms with Gasteiger partial charge in [-0.1, -0.05) is 18.2 Å². The third-order valence-corrected chi connectivity index (χ3v) is 3.50. The minimum Gasteiger partial charge on any atom is -0.508 e. The number of aryl methyl sites for hydroxylation is 1. The molecule has 2 aromatic rings. The second-order valence-corrected chi connectivity index (χ2v) is 4.99. The summed E-state index contributed by atoms with van der Waals surface area (Å²) in [5.41, 5.74) is 2.42. The molecule has 0 spiro atoms. The Morgan fingerprint density at radius 1 is 1.24 bits per heavy atom. The topological polar surface area (TPSA) is 66.8 Å². The number of aromatic hydroxyl groups is 1. The number of methoxy groups -OCH3 is 1. The zero-order valence-electron chi connectivity index (χ0n) is 12.0. The predicted molar refractivity (Wildman–Crippen MR) is 79.9 cm³/mol. The van der Waals surface area contributed by atoms with E-state index in [9.17, 15) is 15.0 Å². The normalized spacial score (nSPS) is 11.9. The van der Waals surface area contributed by atoms with E-state index in [1.165, 1.54) is 0 Å². The molecule has 0 saturated carbocycles. The van der Waals surface area contributed by atoms with Crippen LogP contribution in [0.2, 0.25) is 0 Å². The van der Waals surface area contributed by atoms with Crippen LogP contribution in [0.15, 0.2) is 42.5 Å². The number of carbonyl (C=O) groups is 1. The van der Waals surface area contributed by atoms with Gasteiger partial charge < -0.3 is 14.9 Å². The van der Waals surface area contributed by atoms with Crippen LogP contribution in [0.25, 0.3) is 0 Å². The average molecular weight is 286 g/mol. The van der Waals surface area contributed by atoms with E-state index in [1.807, 2.05) is 19.1 Å². The van der Waals surface area contributed by atoms with E-state index in [0.717, 1.165) is 16.7 Å². The largest absolute Gasteiger partial charge is 0.508 e. The molecule has 0 bridgehead atoms. The lowest BCUT2D eigenvalue weighted by molar-refractivity contribution is -0.138. The van der Waals surface area contributed by atoms with Crippen LogP contribution in [0.3, 0.4) is 0 Å². The van der Waals surface area contributed by atoms with Crippen molar-refractivity contribution in [2.45, 2.75) is 19.3 Å². The van der Waals surface area contributed by atoms with Crippen molar-refractivity contribution < 1.29 is 19.7 Å². The van der Waals surface area contributed by atoms with Crippen molar-refractivity contribution in [3.05, 3.63) is 59.2 Å². The molecule has 110 valence electrons. The second kappa shape index (κ2) is 6.31. The van der Waals surface area contributed by atoms with Gasteiger partial charge in [-0.2, -0.15) is 0 Å². The van der Waals surface area contributed by atoms with E-state index in [0.29, 0.717) is 12.2 Å². The molecule has 1 unspecified atom stereocenters. The number of hydrogen-bond donors (Lipinski definition) is 2. The number of phenolic OH excluding ortho intramolecular Hbond substituents is 1. The van der Waals surface area contributed by atoms with Gasteiger partial charge in [0.1, 0.15) is 11.5 Å². The number of phenols is 1. The molecule has 0 aliphatic carbocycles. The van der Waals surface area contributed by atoms with Gasteiger partial charge in [-0.25, -0.2) is 0 Å². The number of carboxylic acids is 1. The van der Waals surface area contributed by atoms with Gasteiger partial charge in [0, 0.05) is 0 Å². The van der Waals surface area contributed by atoms with Gasteiger partial charge in [-0.05, 0) is 54.3 Å². The van der Waals surface area contributed by atoms with Gasteiger partial charge in [-0.3, -0.25) is 4.79 Å². The van der Waals surface area contributed by atoms with Crippen LogP contribution in [0, 0.1) is 6.92 Å². The van der Waals surface area contributed by atoms with E-state index < -0.39 is 11.9 Å². The highest BCUT2D eigenvalue weighted by Crippen LogP contribution is 2.28. The SMILES string of the molecule is COc1ccc(C(Cc2cccc(O)c2)C(=O)O)c(C)c1. The molecular weight excluding hydrogens is 268 g/mol. The van der Waals surface area contributed by atoms with Crippen LogP contribution in [0.1, 0.15) is 22.6 Å². The molecule has 0 aliphatic rings. The Bertz CT molecular complexity index is 649. The quantitative estimate of drug-likeness (QED) is 0.886. The van der Waals surface area contributed by atoms with Crippen LogP contribution in [-0.2, 0) is 11.2 Å². The molecule has 0 amide bonds. The molecule has 0 aliphatic heterocycles. The van der Waals surface area contributed by atoms with Crippen molar-refractivity contribution in [3.63, 3.8) is 0 Å². The summed E-state index contributed by atoms with van der Waals surface area (Å²) >= 11 is 0. The minimum atomic E-state index is -0.883. The highest BCUT2D eigenvalue weighted by molar-refractivity contribution is 5.77. The lowest BCUT2D eigenvalue weighted by Gasteiger charge is -2.16. The van der Waals surface area contributed by atoms with Crippen molar-refractivity contribution in [2.75, 3.05) is 7.11 Å². The summed E-state index contributed by atoms with van der Waals surface area (Å²) in [5, 5.41) is 19.0. The van der Waals surface area contributed by atoms with E-state index in [-0.39, 0.29) is 5.75 Å². The van der Waals surface area contributed by atoms with Crippen molar-refractivity contribution in [1.82, 2.24) is 0 Å². The first-order valence-corrected chi connectivity index (χ1v) is 6.66. The molecule has 2 N–H and O–H groups in total. The van der Waals surface area contributed by atoms with E-state index in [2.05, 4.69) is 0 Å². The van der Waals surface area contributed by atoms with Crippen LogP contribution in [0.5, 0.6) is 11.5 Å². The molecule has 2 aromatic carbocycles. The maximum atomic E-state index is 11.6. The molecule has 0 heterocycles. The van der Waals surface area contributed by atoms with E-state index >= 15 is 0 Å². The zero-order chi connectivity index (χ0) is 15.4. The Morgan fingerprint density at radius 3 is 2.57 bits per heavy atom. The average Bonchev–Trinajstić information content (AvgIpc) is 2.45. The Kier molecular flexibility index (Phi) is 4.48. The van der Waals surface area contributed by atoms with Crippen molar-refractivity contribution in [2.24, 2.45) is 0 Å². The van der Waals surface area contributed by atoms with Gasteiger partial charge in [0.25, 0.3) is 0 Å². The highest BCUT2D eigenvalue weighted by Gasteiger charge is 2.22. The number of carboxylic acid groups (broad SMARTS) is 1. The molecule has 4 heteroatoms. The van der Waals surface area contributed by atoms with Crippen LogP contribution < -0.4 is 4.74 Å². The second-order valence-electron chi connectivity index (χ2n) is 4.99. The summed E-state index contributed by atoms with van der Waals surface area (Å²) in [4.78, 5) is 11.6. The van der Waals surface area contributed by atoms with Crippen LogP contribution >= 0.6 is 0 Å². The Morgan fingerprint density at radius 2 is 2.00 bits per heavy atom. The van der Waals surface area contributed by atoms with Crippen molar-refractivity contribution >= 4 is 5.97 Å². The fourth-order valence-electron chi connectivity index (χ4n) is 2.42. The summed E-state index contributed by atoms with van der Waals surface area (Å²) in [7, 11) is 1.58. The standard InChI is InChI=1S/C17H18O4/c1-11-8-14(21-2)6-7-15(11)16(17(19)20)10-12-4-3-5-13(18)9-12/h3-9,16,18H,10H2,1-2H3,(H,19,20). The van der Waals surface area contributed by atoms with Gasteiger partial charge in [-0.15, -0.1) is 0 Å². The summed E-state index contributed by atoms with van der Waals surface area (Å²) in [6.07, 6.45) is 0.330. The summed E-state index contributed by atoms with van der Waals surface area (Å²) in [6, 6.07) is 12.1. The Labute approximate surface area is 123 Å². The number of ether oxygens (including phenoxy) is 1. The molecule has 1 atom stereocenters. The van der Waals surface area contributed by atoms with Crippen LogP contribution in [0.4, 0.5) is 0 Å². The van der Waals surface area contributed by atoms with E-state index in [4.69, 9.17) is 4.74 Å². The lowest BCUT2D eigenvalue weighted by atomic mass is 9.89. The number of aliphatic carboxylic acids is 1. The number of rotatable bonds is 5. The number of hydrogen-bond acceptors (Lipinski definition) is 3. The number of benzene rings is 2. The molecule has 0 fully saturated rings. The van der Waals surface area contributed by atoms with Crippen molar-refractivity contribution in [1.29, 1.82) is 0 Å². The van der Waals surface area contributed by atoms with Gasteiger partial charge in [0.05, 0.1) is 13.0 Å². The molecule has 0 radical (unpaired) electrons. The fourth-order valence-corrected chi connectivity index (χ4v) is 2.42. The fraction of sp³-hybridized carbons (Fsp3) is 0.235. The molecule has 0 aromatic heterocycles. The molecular formula is C17H18O4. The zero-order valence-corrected chi connectivity index (χ0v) is 12.0. The molecule has 0 saturated heterocycles. The molecule has 4 nitrogen and oxygen atoms in total. The summed E-state index contributed by atoms with van der Waals surface area (Å²) in [5.74, 6) is -0.690. The summed E-state index contributed by atoms with van der Waals surface area (Å²) in [6.45, 7) is 1.87. The van der Waals surface area contributed by atoms with E-state index in [1.54, 1.807) is 37.4 Å². The van der Waals surface area contributed by atoms with Crippen LogP contribution in [-0.4, -0.2) is 23.3 Å².